The van der Waals surface area contributed by atoms with Gasteiger partial charge in [0.2, 0.25) is 11.8 Å². The first-order chi connectivity index (χ1) is 11.0. The Morgan fingerprint density at radius 2 is 1.61 bits per heavy atom. The lowest BCUT2D eigenvalue weighted by Crippen LogP contribution is -2.47. The number of carbonyl (C=O) groups excluding carboxylic acids is 4. The van der Waals surface area contributed by atoms with Gasteiger partial charge in [-0.05, 0) is 25.7 Å². The smallest absolute Gasteiger partial charge is 0.220 e. The lowest BCUT2D eigenvalue weighted by atomic mass is 9.96. The zero-order valence-electron chi connectivity index (χ0n) is 13.2. The van der Waals surface area contributed by atoms with Crippen molar-refractivity contribution in [3.05, 3.63) is 0 Å². The summed E-state index contributed by atoms with van der Waals surface area (Å²) in [7, 11) is 0. The third-order valence-corrected chi connectivity index (χ3v) is 4.45. The third kappa shape index (κ3) is 5.13. The molecule has 0 saturated carbocycles. The van der Waals surface area contributed by atoms with Crippen LogP contribution in [0.2, 0.25) is 0 Å². The fourth-order valence-electron chi connectivity index (χ4n) is 3.08. The molecule has 2 aliphatic heterocycles. The van der Waals surface area contributed by atoms with Crippen molar-refractivity contribution in [3.63, 3.8) is 0 Å². The Morgan fingerprint density at radius 1 is 1.00 bits per heavy atom. The van der Waals surface area contributed by atoms with Crippen LogP contribution in [0, 0.1) is 0 Å². The van der Waals surface area contributed by atoms with Crippen LogP contribution in [0.25, 0.3) is 0 Å². The summed E-state index contributed by atoms with van der Waals surface area (Å²) in [4.78, 5) is 47.3. The molecular formula is C16H24N2O5. The van der Waals surface area contributed by atoms with Gasteiger partial charge in [0.05, 0.1) is 18.5 Å². The van der Waals surface area contributed by atoms with Gasteiger partial charge < -0.3 is 15.7 Å². The fraction of sp³-hybridized carbons (Fsp3) is 0.750. The molecule has 3 N–H and O–H groups in total. The molecule has 7 nitrogen and oxygen atoms in total. The van der Waals surface area contributed by atoms with Gasteiger partial charge in [-0.3, -0.25) is 19.2 Å². The van der Waals surface area contributed by atoms with E-state index in [4.69, 9.17) is 0 Å². The average Bonchev–Trinajstić information content (AvgIpc) is 2.86. The van der Waals surface area contributed by atoms with E-state index in [0.717, 1.165) is 25.7 Å². The monoisotopic (exact) mass is 324 g/mol. The summed E-state index contributed by atoms with van der Waals surface area (Å²) in [6, 6.07) is -1.28. The van der Waals surface area contributed by atoms with E-state index >= 15 is 0 Å². The molecule has 2 rings (SSSR count). The van der Waals surface area contributed by atoms with Crippen molar-refractivity contribution in [1.82, 2.24) is 10.6 Å². The fourth-order valence-corrected chi connectivity index (χ4v) is 3.08. The van der Waals surface area contributed by atoms with Gasteiger partial charge in [0.15, 0.2) is 11.6 Å². The molecule has 0 aliphatic carbocycles. The highest BCUT2D eigenvalue weighted by Gasteiger charge is 2.32. The van der Waals surface area contributed by atoms with Crippen molar-refractivity contribution in [2.24, 2.45) is 0 Å². The normalized spacial score (nSPS) is 27.2. The summed E-state index contributed by atoms with van der Waals surface area (Å²) in [5.41, 5.74) is 0. The number of aliphatic hydroxyl groups is 1. The van der Waals surface area contributed by atoms with Crippen molar-refractivity contribution in [3.8, 4) is 0 Å². The molecule has 2 fully saturated rings. The number of amides is 2. The molecule has 2 saturated heterocycles. The van der Waals surface area contributed by atoms with Crippen LogP contribution < -0.4 is 10.6 Å². The molecule has 0 aromatic heterocycles. The number of Topliss-reactive ketones (excluding diaryl/α,β-unsaturated/α-hetero) is 2. The summed E-state index contributed by atoms with van der Waals surface area (Å²) in [5.74, 6) is -1.32. The highest BCUT2D eigenvalue weighted by atomic mass is 16.3. The molecule has 0 bridgehead atoms. The quantitative estimate of drug-likeness (QED) is 0.616. The molecule has 2 aliphatic rings. The second kappa shape index (κ2) is 8.19. The van der Waals surface area contributed by atoms with Gasteiger partial charge >= 0.3 is 0 Å². The number of ketones is 2. The number of rotatable bonds is 5. The highest BCUT2D eigenvalue weighted by Crippen LogP contribution is 2.15. The summed E-state index contributed by atoms with van der Waals surface area (Å²) >= 11 is 0. The molecule has 3 atom stereocenters. The van der Waals surface area contributed by atoms with E-state index in [1.807, 2.05) is 0 Å². The van der Waals surface area contributed by atoms with Crippen molar-refractivity contribution >= 4 is 23.4 Å². The van der Waals surface area contributed by atoms with Crippen LogP contribution in [0.15, 0.2) is 0 Å². The number of nitrogens with one attached hydrogen (secondary N) is 2. The van der Waals surface area contributed by atoms with Crippen molar-refractivity contribution in [2.75, 3.05) is 0 Å². The highest BCUT2D eigenvalue weighted by molar-refractivity contribution is 6.04. The number of hydrogen-bond donors (Lipinski definition) is 3. The Bertz CT molecular complexity index is 491. The maximum atomic E-state index is 12.2. The average molecular weight is 324 g/mol. The van der Waals surface area contributed by atoms with Crippen molar-refractivity contribution in [1.29, 1.82) is 0 Å². The minimum Gasteiger partial charge on any atom is -0.383 e. The van der Waals surface area contributed by atoms with E-state index in [0.29, 0.717) is 25.7 Å². The lowest BCUT2D eigenvalue weighted by molar-refractivity contribution is -0.136. The second-order valence-corrected chi connectivity index (χ2v) is 6.34. The SMILES string of the molecule is O=C1CCCCC(C(=O)CC(=O)C(O)C2CCCCC(=O)N2)N1. The van der Waals surface area contributed by atoms with E-state index in [2.05, 4.69) is 10.6 Å². The Balaban J connectivity index is 1.90. The van der Waals surface area contributed by atoms with Gasteiger partial charge in [-0.2, -0.15) is 0 Å². The maximum absolute atomic E-state index is 12.2. The molecule has 23 heavy (non-hydrogen) atoms. The second-order valence-electron chi connectivity index (χ2n) is 6.34. The predicted octanol–water partition coefficient (Wildman–Crippen LogP) is -0.00680. The first-order valence-electron chi connectivity index (χ1n) is 8.29. The molecule has 128 valence electrons. The minimum atomic E-state index is -1.37. The maximum Gasteiger partial charge on any atom is 0.220 e. The van der Waals surface area contributed by atoms with Gasteiger partial charge in [-0.1, -0.05) is 12.8 Å². The van der Waals surface area contributed by atoms with Crippen LogP contribution in [-0.4, -0.2) is 46.7 Å². The first kappa shape index (κ1) is 17.6. The van der Waals surface area contributed by atoms with Crippen molar-refractivity contribution in [2.45, 2.75) is 76.0 Å². The van der Waals surface area contributed by atoms with E-state index in [-0.39, 0.29) is 17.6 Å². The van der Waals surface area contributed by atoms with Gasteiger partial charge in [0.1, 0.15) is 6.10 Å². The minimum absolute atomic E-state index is 0.176. The van der Waals surface area contributed by atoms with E-state index < -0.39 is 30.4 Å². The van der Waals surface area contributed by atoms with Crippen LogP contribution >= 0.6 is 0 Å². The van der Waals surface area contributed by atoms with Crippen LogP contribution in [0.1, 0.15) is 57.8 Å². The summed E-state index contributed by atoms with van der Waals surface area (Å²) in [6.45, 7) is 0. The molecule has 0 aromatic carbocycles. The van der Waals surface area contributed by atoms with Crippen LogP contribution in [-0.2, 0) is 19.2 Å². The largest absolute Gasteiger partial charge is 0.383 e. The summed E-state index contributed by atoms with van der Waals surface area (Å²) in [6.07, 6.45) is 3.02. The topological polar surface area (TPSA) is 113 Å². The van der Waals surface area contributed by atoms with Gasteiger partial charge in [-0.15, -0.1) is 0 Å². The number of hydrogen-bond acceptors (Lipinski definition) is 5. The Morgan fingerprint density at radius 3 is 2.30 bits per heavy atom. The first-order valence-corrected chi connectivity index (χ1v) is 8.29. The number of aliphatic hydroxyl groups excluding tert-OH is 1. The molecule has 0 radical (unpaired) electrons. The predicted molar refractivity (Wildman–Crippen MR) is 81.4 cm³/mol. The summed E-state index contributed by atoms with van der Waals surface area (Å²) in [5, 5.41) is 15.4. The van der Waals surface area contributed by atoms with Crippen molar-refractivity contribution < 1.29 is 24.3 Å². The van der Waals surface area contributed by atoms with E-state index in [9.17, 15) is 24.3 Å². The Kier molecular flexibility index (Phi) is 6.27. The number of carbonyl (C=O) groups is 4. The van der Waals surface area contributed by atoms with Crippen LogP contribution in [0.5, 0.6) is 0 Å². The molecule has 7 heteroatoms. The molecule has 0 aromatic rings. The molecular weight excluding hydrogens is 300 g/mol. The van der Waals surface area contributed by atoms with Gasteiger partial charge in [0, 0.05) is 12.8 Å². The van der Waals surface area contributed by atoms with E-state index in [1.54, 1.807) is 0 Å². The lowest BCUT2D eigenvalue weighted by Gasteiger charge is -2.22. The molecule has 3 unspecified atom stereocenters. The van der Waals surface area contributed by atoms with Crippen LogP contribution in [0.4, 0.5) is 0 Å². The van der Waals surface area contributed by atoms with E-state index in [1.165, 1.54) is 0 Å². The Labute approximate surface area is 135 Å². The molecule has 0 spiro atoms. The van der Waals surface area contributed by atoms with Crippen LogP contribution in [0.3, 0.4) is 0 Å². The summed E-state index contributed by atoms with van der Waals surface area (Å²) < 4.78 is 0. The molecule has 2 amide bonds. The van der Waals surface area contributed by atoms with Gasteiger partial charge in [0.25, 0.3) is 0 Å². The zero-order chi connectivity index (χ0) is 16.8. The zero-order valence-corrected chi connectivity index (χ0v) is 13.2. The van der Waals surface area contributed by atoms with Gasteiger partial charge in [-0.25, -0.2) is 0 Å². The third-order valence-electron chi connectivity index (χ3n) is 4.45. The molecule has 2 heterocycles. The standard InChI is InChI=1S/C16H24N2O5/c19-12(10-5-1-3-7-14(21)17-10)9-13(20)16(23)11-6-2-4-8-15(22)18-11/h10-11,16,23H,1-9H2,(H,17,21)(H,18,22). The Hall–Kier alpha value is -1.76.